The maximum Gasteiger partial charge on any atom is 0.268 e. The van der Waals surface area contributed by atoms with Gasteiger partial charge in [-0.15, -0.1) is 0 Å². The lowest BCUT2D eigenvalue weighted by atomic mass is 9.88. The summed E-state index contributed by atoms with van der Waals surface area (Å²) in [7, 11) is 0. The summed E-state index contributed by atoms with van der Waals surface area (Å²) >= 11 is 5.98. The van der Waals surface area contributed by atoms with Gasteiger partial charge in [-0.25, -0.2) is 0 Å². The molecule has 5 nitrogen and oxygen atoms in total. The van der Waals surface area contributed by atoms with E-state index < -0.39 is 6.10 Å². The number of fused-ring (bicyclic) bond motifs is 1. The largest absolute Gasteiger partial charge is 0.479 e. The number of anilines is 2. The van der Waals surface area contributed by atoms with Crippen molar-refractivity contribution >= 4 is 34.8 Å². The number of carbonyl (C=O) groups excluding carboxylic acids is 2. The van der Waals surface area contributed by atoms with E-state index in [1.807, 2.05) is 42.5 Å². The van der Waals surface area contributed by atoms with Gasteiger partial charge in [0.05, 0.1) is 12.2 Å². The molecular weight excluding hydrogens is 388 g/mol. The van der Waals surface area contributed by atoms with Gasteiger partial charge in [-0.2, -0.15) is 0 Å². The molecule has 2 aliphatic rings. The minimum atomic E-state index is -0.558. The zero-order valence-corrected chi connectivity index (χ0v) is 17.2. The first-order valence-corrected chi connectivity index (χ1v) is 10.6. The van der Waals surface area contributed by atoms with Crippen molar-refractivity contribution in [2.45, 2.75) is 51.7 Å². The molecule has 1 aliphatic carbocycles. The molecule has 0 bridgehead atoms. The van der Waals surface area contributed by atoms with Gasteiger partial charge in [0.2, 0.25) is 5.91 Å². The fourth-order valence-corrected chi connectivity index (χ4v) is 4.16. The number of rotatable bonds is 4. The van der Waals surface area contributed by atoms with Gasteiger partial charge >= 0.3 is 0 Å². The maximum absolute atomic E-state index is 12.8. The number of amides is 2. The normalized spacial score (nSPS) is 19.4. The molecule has 2 amide bonds. The molecule has 4 rings (SSSR count). The smallest absolute Gasteiger partial charge is 0.268 e. The molecule has 1 unspecified atom stereocenters. The topological polar surface area (TPSA) is 58.6 Å². The summed E-state index contributed by atoms with van der Waals surface area (Å²) in [6.45, 7) is 2.16. The molecule has 6 heteroatoms. The van der Waals surface area contributed by atoms with Crippen LogP contribution in [0.1, 0.15) is 44.6 Å². The van der Waals surface area contributed by atoms with Gasteiger partial charge in [0.25, 0.3) is 5.91 Å². The average Bonchev–Trinajstić information content (AvgIpc) is 2.74. The van der Waals surface area contributed by atoms with Gasteiger partial charge in [-0.1, -0.05) is 43.0 Å². The molecule has 1 atom stereocenters. The molecule has 2 aromatic rings. The van der Waals surface area contributed by atoms with E-state index in [1.165, 1.54) is 6.42 Å². The fourth-order valence-electron chi connectivity index (χ4n) is 4.03. The molecule has 1 heterocycles. The minimum Gasteiger partial charge on any atom is -0.479 e. The summed E-state index contributed by atoms with van der Waals surface area (Å²) in [4.78, 5) is 27.2. The second-order valence-corrected chi connectivity index (χ2v) is 8.25. The standard InChI is InChI=1S/C23H25ClN2O3/c1-15-23(28)26(14-16-7-9-18(24)10-8-16)20-13-19(11-12-21(20)29-15)25-22(27)17-5-3-2-4-6-17/h7-13,15,17H,2-6,14H2,1H3,(H,25,27). The highest BCUT2D eigenvalue weighted by molar-refractivity contribution is 6.30. The number of nitrogens with zero attached hydrogens (tertiary/aromatic N) is 1. The Morgan fingerprint density at radius 3 is 2.59 bits per heavy atom. The van der Waals surface area contributed by atoms with Crippen LogP contribution in [0.4, 0.5) is 11.4 Å². The first-order valence-electron chi connectivity index (χ1n) is 10.2. The van der Waals surface area contributed by atoms with Crippen LogP contribution in [-0.4, -0.2) is 17.9 Å². The van der Waals surface area contributed by atoms with Crippen molar-refractivity contribution in [2.75, 3.05) is 10.2 Å². The molecular formula is C23H25ClN2O3. The van der Waals surface area contributed by atoms with Gasteiger partial charge in [0.1, 0.15) is 5.75 Å². The van der Waals surface area contributed by atoms with E-state index in [9.17, 15) is 9.59 Å². The van der Waals surface area contributed by atoms with E-state index in [1.54, 1.807) is 11.8 Å². The Morgan fingerprint density at radius 2 is 1.86 bits per heavy atom. The summed E-state index contributed by atoms with van der Waals surface area (Å²) in [5.74, 6) is 0.665. The van der Waals surface area contributed by atoms with Crippen molar-refractivity contribution in [3.05, 3.63) is 53.1 Å². The van der Waals surface area contributed by atoms with E-state index >= 15 is 0 Å². The molecule has 0 saturated heterocycles. The van der Waals surface area contributed by atoms with E-state index in [0.29, 0.717) is 28.7 Å². The second-order valence-electron chi connectivity index (χ2n) is 7.82. The van der Waals surface area contributed by atoms with E-state index in [2.05, 4.69) is 5.32 Å². The van der Waals surface area contributed by atoms with Crippen LogP contribution in [0.2, 0.25) is 5.02 Å². The number of benzene rings is 2. The minimum absolute atomic E-state index is 0.0605. The van der Waals surface area contributed by atoms with Crippen molar-refractivity contribution in [3.63, 3.8) is 0 Å². The predicted molar refractivity (Wildman–Crippen MR) is 114 cm³/mol. The highest BCUT2D eigenvalue weighted by Gasteiger charge is 2.32. The van der Waals surface area contributed by atoms with Gasteiger partial charge in [0, 0.05) is 16.6 Å². The molecule has 1 aliphatic heterocycles. The van der Waals surface area contributed by atoms with Crippen LogP contribution in [0.25, 0.3) is 0 Å². The summed E-state index contributed by atoms with van der Waals surface area (Å²) in [6.07, 6.45) is 4.75. The van der Waals surface area contributed by atoms with E-state index in [0.717, 1.165) is 31.2 Å². The van der Waals surface area contributed by atoms with Crippen LogP contribution in [0, 0.1) is 5.92 Å². The van der Waals surface area contributed by atoms with Crippen molar-refractivity contribution in [3.8, 4) is 5.75 Å². The Morgan fingerprint density at radius 1 is 1.14 bits per heavy atom. The van der Waals surface area contributed by atoms with Crippen molar-refractivity contribution in [1.29, 1.82) is 0 Å². The summed E-state index contributed by atoms with van der Waals surface area (Å²) < 4.78 is 5.78. The van der Waals surface area contributed by atoms with Gasteiger partial charge in [-0.3, -0.25) is 9.59 Å². The molecule has 152 valence electrons. The molecule has 1 saturated carbocycles. The van der Waals surface area contributed by atoms with Gasteiger partial charge < -0.3 is 15.0 Å². The van der Waals surface area contributed by atoms with Crippen LogP contribution in [0.3, 0.4) is 0 Å². The van der Waals surface area contributed by atoms with Crippen LogP contribution in [-0.2, 0) is 16.1 Å². The lowest BCUT2D eigenvalue weighted by Crippen LogP contribution is -2.44. The highest BCUT2D eigenvalue weighted by atomic mass is 35.5. The van der Waals surface area contributed by atoms with Crippen LogP contribution >= 0.6 is 11.6 Å². The van der Waals surface area contributed by atoms with Crippen LogP contribution in [0.5, 0.6) is 5.75 Å². The Balaban J connectivity index is 1.58. The molecule has 0 radical (unpaired) electrons. The third-order valence-corrected chi connectivity index (χ3v) is 5.92. The molecule has 0 aromatic heterocycles. The molecule has 29 heavy (non-hydrogen) atoms. The zero-order valence-electron chi connectivity index (χ0n) is 16.5. The third kappa shape index (κ3) is 4.40. The maximum atomic E-state index is 12.8. The van der Waals surface area contributed by atoms with Gasteiger partial charge in [0.15, 0.2) is 6.10 Å². The van der Waals surface area contributed by atoms with Crippen molar-refractivity contribution in [2.24, 2.45) is 5.92 Å². The predicted octanol–water partition coefficient (Wildman–Crippen LogP) is 5.17. The zero-order chi connectivity index (χ0) is 20.4. The monoisotopic (exact) mass is 412 g/mol. The lowest BCUT2D eigenvalue weighted by molar-refractivity contribution is -0.125. The molecule has 1 fully saturated rings. The van der Waals surface area contributed by atoms with Crippen LogP contribution < -0.4 is 15.0 Å². The average molecular weight is 413 g/mol. The van der Waals surface area contributed by atoms with Crippen LogP contribution in [0.15, 0.2) is 42.5 Å². The molecule has 1 N–H and O–H groups in total. The third-order valence-electron chi connectivity index (χ3n) is 5.66. The van der Waals surface area contributed by atoms with Gasteiger partial charge in [-0.05, 0) is 55.7 Å². The SMILES string of the molecule is CC1Oc2ccc(NC(=O)C3CCCCC3)cc2N(Cc2ccc(Cl)cc2)C1=O. The number of hydrogen-bond acceptors (Lipinski definition) is 3. The molecule has 0 spiro atoms. The van der Waals surface area contributed by atoms with Crippen molar-refractivity contribution in [1.82, 2.24) is 0 Å². The second kappa shape index (κ2) is 8.46. The Hall–Kier alpha value is -2.53. The van der Waals surface area contributed by atoms with E-state index in [4.69, 9.17) is 16.3 Å². The first kappa shape index (κ1) is 19.8. The highest BCUT2D eigenvalue weighted by Crippen LogP contribution is 2.37. The fraction of sp³-hybridized carbons (Fsp3) is 0.391. The number of halogens is 1. The number of carbonyl (C=O) groups is 2. The number of nitrogens with one attached hydrogen (secondary N) is 1. The van der Waals surface area contributed by atoms with Crippen molar-refractivity contribution < 1.29 is 14.3 Å². The lowest BCUT2D eigenvalue weighted by Gasteiger charge is -2.33. The first-order chi connectivity index (χ1) is 14.0. The Labute approximate surface area is 176 Å². The molecule has 2 aromatic carbocycles. The summed E-state index contributed by atoms with van der Waals surface area (Å²) in [5.41, 5.74) is 2.33. The summed E-state index contributed by atoms with van der Waals surface area (Å²) in [6, 6.07) is 12.9. The Kier molecular flexibility index (Phi) is 5.76. The van der Waals surface area contributed by atoms with E-state index in [-0.39, 0.29) is 17.7 Å². The quantitative estimate of drug-likeness (QED) is 0.753. The number of ether oxygens (including phenoxy) is 1. The Bertz CT molecular complexity index is 907. The number of hydrogen-bond donors (Lipinski definition) is 1. The summed E-state index contributed by atoms with van der Waals surface area (Å²) in [5, 5.41) is 3.69.